The third kappa shape index (κ3) is 3.06. The molecule has 2 N–H and O–H groups in total. The van der Waals surface area contributed by atoms with Crippen LogP contribution >= 0.6 is 0 Å². The highest BCUT2D eigenvalue weighted by Crippen LogP contribution is 2.22. The van der Waals surface area contributed by atoms with Gasteiger partial charge in [-0.2, -0.15) is 0 Å². The third-order valence-electron chi connectivity index (χ3n) is 2.66. The fourth-order valence-electron chi connectivity index (χ4n) is 1.82. The van der Waals surface area contributed by atoms with Crippen molar-refractivity contribution in [1.82, 2.24) is 4.98 Å². The van der Waals surface area contributed by atoms with Crippen molar-refractivity contribution in [3.63, 3.8) is 0 Å². The molecular weight excluding hydrogens is 258 g/mol. The van der Waals surface area contributed by atoms with Gasteiger partial charge in [0.1, 0.15) is 11.3 Å². The normalized spacial score (nSPS) is 10.6. The van der Waals surface area contributed by atoms with Gasteiger partial charge in [0.15, 0.2) is 0 Å². The first-order chi connectivity index (χ1) is 9.47. The van der Waals surface area contributed by atoms with E-state index in [4.69, 9.17) is 9.84 Å². The minimum Gasteiger partial charge on any atom is -0.491 e. The average molecular weight is 273 g/mol. The van der Waals surface area contributed by atoms with Crippen molar-refractivity contribution in [1.29, 1.82) is 0 Å². The molecule has 0 fully saturated rings. The molecule has 0 radical (unpaired) electrons. The summed E-state index contributed by atoms with van der Waals surface area (Å²) in [6.07, 6.45) is 0.0543. The van der Waals surface area contributed by atoms with Gasteiger partial charge in [-0.25, -0.2) is 4.79 Å². The lowest BCUT2D eigenvalue weighted by Gasteiger charge is -2.11. The largest absolute Gasteiger partial charge is 0.491 e. The second kappa shape index (κ2) is 5.61. The van der Waals surface area contributed by atoms with Gasteiger partial charge in [-0.05, 0) is 38.1 Å². The van der Waals surface area contributed by atoms with E-state index in [1.54, 1.807) is 12.1 Å². The lowest BCUT2D eigenvalue weighted by Crippen LogP contribution is -2.17. The Bertz CT molecular complexity index is 688. The van der Waals surface area contributed by atoms with Gasteiger partial charge in [0.2, 0.25) is 0 Å². The Balaban J connectivity index is 2.39. The average Bonchev–Trinajstić information content (AvgIpc) is 2.37. The molecule has 1 aromatic heterocycles. The summed E-state index contributed by atoms with van der Waals surface area (Å²) in [4.78, 5) is 25.0. The number of carbonyl (C=O) groups is 1. The summed E-state index contributed by atoms with van der Waals surface area (Å²) in [6.45, 7) is 3.85. The lowest BCUT2D eigenvalue weighted by molar-refractivity contribution is 0.0695. The molecule has 0 atom stereocenters. The predicted octanol–water partition coefficient (Wildman–Crippen LogP) is 2.53. The van der Waals surface area contributed by atoms with Crippen LogP contribution < -0.4 is 10.3 Å². The van der Waals surface area contributed by atoms with Crippen LogP contribution in [0.5, 0.6) is 5.75 Å². The molecule has 5 heteroatoms. The predicted molar refractivity (Wildman–Crippen MR) is 75.2 cm³/mol. The maximum absolute atomic E-state index is 11.6. The number of benzene rings is 1. The summed E-state index contributed by atoms with van der Waals surface area (Å²) in [5, 5.41) is 8.83. The quantitative estimate of drug-likeness (QED) is 0.897. The van der Waals surface area contributed by atoms with Crippen LogP contribution in [0.3, 0.4) is 0 Å². The summed E-state index contributed by atoms with van der Waals surface area (Å²) in [6, 6.07) is 10.1. The van der Waals surface area contributed by atoms with E-state index in [9.17, 15) is 9.59 Å². The molecule has 0 saturated carbocycles. The standard InChI is InChI=1S/C15H15NO4/c1-9(2)20-11-5-3-4-10(8-11)13-7-6-12(15(18)19)14(17)16-13/h3-9H,1-2H3,(H,16,17)(H,18,19). The highest BCUT2D eigenvalue weighted by molar-refractivity contribution is 5.87. The summed E-state index contributed by atoms with van der Waals surface area (Å²) < 4.78 is 5.58. The Morgan fingerprint density at radius 2 is 2.00 bits per heavy atom. The Labute approximate surface area is 115 Å². The van der Waals surface area contributed by atoms with Crippen LogP contribution in [0.1, 0.15) is 24.2 Å². The number of nitrogens with one attached hydrogen (secondary N) is 1. The van der Waals surface area contributed by atoms with Crippen LogP contribution in [0.25, 0.3) is 11.3 Å². The highest BCUT2D eigenvalue weighted by atomic mass is 16.5. The molecule has 0 bridgehead atoms. The number of aromatic amines is 1. The summed E-state index contributed by atoms with van der Waals surface area (Å²) in [7, 11) is 0. The van der Waals surface area contributed by atoms with E-state index in [1.165, 1.54) is 6.07 Å². The van der Waals surface area contributed by atoms with E-state index in [2.05, 4.69) is 4.98 Å². The first-order valence-corrected chi connectivity index (χ1v) is 6.21. The number of pyridine rings is 1. The second-order valence-electron chi connectivity index (χ2n) is 4.61. The van der Waals surface area contributed by atoms with Crippen LogP contribution in [0, 0.1) is 0 Å². The minimum absolute atomic E-state index is 0.0543. The molecule has 0 aliphatic heterocycles. The first-order valence-electron chi connectivity index (χ1n) is 6.21. The SMILES string of the molecule is CC(C)Oc1cccc(-c2ccc(C(=O)O)c(=O)[nH]2)c1. The second-order valence-corrected chi connectivity index (χ2v) is 4.61. The maximum atomic E-state index is 11.6. The van der Waals surface area contributed by atoms with E-state index >= 15 is 0 Å². The lowest BCUT2D eigenvalue weighted by atomic mass is 10.1. The molecule has 5 nitrogen and oxygen atoms in total. The molecule has 2 rings (SSSR count). The van der Waals surface area contributed by atoms with Crippen molar-refractivity contribution in [2.24, 2.45) is 0 Å². The fraction of sp³-hybridized carbons (Fsp3) is 0.200. The molecule has 0 unspecified atom stereocenters. The van der Waals surface area contributed by atoms with Gasteiger partial charge in [-0.3, -0.25) is 4.79 Å². The van der Waals surface area contributed by atoms with Gasteiger partial charge in [0.05, 0.1) is 6.10 Å². The van der Waals surface area contributed by atoms with Crippen molar-refractivity contribution in [3.8, 4) is 17.0 Å². The molecule has 0 spiro atoms. The zero-order chi connectivity index (χ0) is 14.7. The zero-order valence-corrected chi connectivity index (χ0v) is 11.2. The number of carboxylic acid groups (broad SMARTS) is 1. The Morgan fingerprint density at radius 1 is 1.25 bits per heavy atom. The van der Waals surface area contributed by atoms with Crippen molar-refractivity contribution >= 4 is 5.97 Å². The number of aromatic carboxylic acids is 1. The molecule has 0 aliphatic rings. The van der Waals surface area contributed by atoms with Crippen LogP contribution in [0.15, 0.2) is 41.2 Å². The van der Waals surface area contributed by atoms with E-state index in [0.29, 0.717) is 11.4 Å². The highest BCUT2D eigenvalue weighted by Gasteiger charge is 2.09. The molecule has 0 saturated heterocycles. The topological polar surface area (TPSA) is 79.4 Å². The third-order valence-corrected chi connectivity index (χ3v) is 2.66. The Hall–Kier alpha value is -2.56. The van der Waals surface area contributed by atoms with E-state index in [1.807, 2.05) is 32.0 Å². The van der Waals surface area contributed by atoms with Crippen molar-refractivity contribution in [3.05, 3.63) is 52.3 Å². The fourth-order valence-corrected chi connectivity index (χ4v) is 1.82. The van der Waals surface area contributed by atoms with Crippen LogP contribution in [-0.2, 0) is 0 Å². The number of carboxylic acids is 1. The Kier molecular flexibility index (Phi) is 3.89. The number of rotatable bonds is 4. The van der Waals surface area contributed by atoms with Crippen molar-refractivity contribution < 1.29 is 14.6 Å². The minimum atomic E-state index is -1.24. The number of hydrogen-bond acceptors (Lipinski definition) is 3. The zero-order valence-electron chi connectivity index (χ0n) is 11.2. The van der Waals surface area contributed by atoms with Gasteiger partial charge in [0, 0.05) is 11.3 Å². The molecule has 104 valence electrons. The number of hydrogen-bond donors (Lipinski definition) is 2. The molecule has 1 heterocycles. The van der Waals surface area contributed by atoms with Crippen molar-refractivity contribution in [2.75, 3.05) is 0 Å². The number of aromatic nitrogens is 1. The molecule has 0 amide bonds. The maximum Gasteiger partial charge on any atom is 0.341 e. The molecular formula is C15H15NO4. The molecule has 2 aromatic rings. The summed E-state index contributed by atoms with van der Waals surface area (Å²) >= 11 is 0. The van der Waals surface area contributed by atoms with Gasteiger partial charge < -0.3 is 14.8 Å². The Morgan fingerprint density at radius 3 is 2.60 bits per heavy atom. The molecule has 1 aromatic carbocycles. The molecule has 0 aliphatic carbocycles. The van der Waals surface area contributed by atoms with E-state index in [-0.39, 0.29) is 11.7 Å². The van der Waals surface area contributed by atoms with Gasteiger partial charge in [-0.15, -0.1) is 0 Å². The summed E-state index contributed by atoms with van der Waals surface area (Å²) in [5.41, 5.74) is 0.417. The first kappa shape index (κ1) is 13.9. The number of ether oxygens (including phenoxy) is 1. The van der Waals surface area contributed by atoms with Gasteiger partial charge in [0.25, 0.3) is 5.56 Å². The molecule has 20 heavy (non-hydrogen) atoms. The van der Waals surface area contributed by atoms with Crippen LogP contribution in [0.2, 0.25) is 0 Å². The van der Waals surface area contributed by atoms with Crippen molar-refractivity contribution in [2.45, 2.75) is 20.0 Å². The van der Waals surface area contributed by atoms with Crippen LogP contribution in [-0.4, -0.2) is 22.2 Å². The van der Waals surface area contributed by atoms with E-state index < -0.39 is 11.5 Å². The van der Waals surface area contributed by atoms with Crippen LogP contribution in [0.4, 0.5) is 0 Å². The smallest absolute Gasteiger partial charge is 0.341 e. The summed E-state index contributed by atoms with van der Waals surface area (Å²) in [5.74, 6) is -0.546. The van der Waals surface area contributed by atoms with Gasteiger partial charge >= 0.3 is 5.97 Å². The van der Waals surface area contributed by atoms with Gasteiger partial charge in [-0.1, -0.05) is 12.1 Å². The van der Waals surface area contributed by atoms with E-state index in [0.717, 1.165) is 5.56 Å². The monoisotopic (exact) mass is 273 g/mol. The number of H-pyrrole nitrogens is 1.